The van der Waals surface area contributed by atoms with Crippen LogP contribution in [0, 0.1) is 5.92 Å². The summed E-state index contributed by atoms with van der Waals surface area (Å²) in [4.78, 5) is 10.7. The highest BCUT2D eigenvalue weighted by molar-refractivity contribution is 5.75. The van der Waals surface area contributed by atoms with Gasteiger partial charge in [-0.1, -0.05) is 6.92 Å². The molecule has 0 aromatic rings. The van der Waals surface area contributed by atoms with E-state index in [1.54, 1.807) is 0 Å². The van der Waals surface area contributed by atoms with E-state index in [1.165, 1.54) is 6.92 Å². The van der Waals surface area contributed by atoms with E-state index in [2.05, 4.69) is 4.74 Å². The molecule has 78 valence electrons. The quantitative estimate of drug-likeness (QED) is 0.692. The van der Waals surface area contributed by atoms with Gasteiger partial charge in [0.15, 0.2) is 0 Å². The van der Waals surface area contributed by atoms with Crippen molar-refractivity contribution < 1.29 is 22.7 Å². The monoisotopic (exact) mass is 199 g/mol. The number of alkyl halides is 3. The van der Waals surface area contributed by atoms with Crippen LogP contribution in [0.25, 0.3) is 0 Å². The summed E-state index contributed by atoms with van der Waals surface area (Å²) in [6.45, 7) is 1.26. The fourth-order valence-electron chi connectivity index (χ4n) is 0.860. The summed E-state index contributed by atoms with van der Waals surface area (Å²) in [6.07, 6.45) is -5.38. The second-order valence-electron chi connectivity index (χ2n) is 2.85. The Morgan fingerprint density at radius 3 is 2.31 bits per heavy atom. The van der Waals surface area contributed by atoms with E-state index in [1.807, 2.05) is 0 Å². The highest BCUT2D eigenvalue weighted by Crippen LogP contribution is 2.25. The van der Waals surface area contributed by atoms with Crippen molar-refractivity contribution in [1.82, 2.24) is 0 Å². The van der Waals surface area contributed by atoms with Crippen LogP contribution in [0.4, 0.5) is 13.2 Å². The minimum absolute atomic E-state index is 0.822. The molecular weight excluding hydrogens is 187 g/mol. The molecule has 0 aromatic heterocycles. The van der Waals surface area contributed by atoms with Crippen molar-refractivity contribution in [2.24, 2.45) is 11.7 Å². The predicted molar refractivity (Wildman–Crippen MR) is 39.8 cm³/mol. The Labute approximate surface area is 74.0 Å². The van der Waals surface area contributed by atoms with Crippen molar-refractivity contribution in [3.8, 4) is 0 Å². The number of hydrogen-bond donors (Lipinski definition) is 1. The minimum atomic E-state index is -4.30. The fraction of sp³-hybridized carbons (Fsp3) is 0.857. The van der Waals surface area contributed by atoms with Gasteiger partial charge in [-0.05, 0) is 5.92 Å². The first-order chi connectivity index (χ1) is 5.78. The third-order valence-corrected chi connectivity index (χ3v) is 1.64. The molecule has 2 N–H and O–H groups in total. The molecule has 0 amide bonds. The summed E-state index contributed by atoms with van der Waals surface area (Å²) in [5.74, 6) is -1.79. The van der Waals surface area contributed by atoms with Crippen molar-refractivity contribution in [3.63, 3.8) is 0 Å². The lowest BCUT2D eigenvalue weighted by molar-refractivity contribution is -0.153. The zero-order chi connectivity index (χ0) is 10.6. The topological polar surface area (TPSA) is 52.3 Å². The Morgan fingerprint density at radius 1 is 1.54 bits per heavy atom. The number of carbonyl (C=O) groups excluding carboxylic acids is 1. The highest BCUT2D eigenvalue weighted by Gasteiger charge is 2.34. The average Bonchev–Trinajstić information content (AvgIpc) is 1.98. The molecule has 2 atom stereocenters. The number of esters is 1. The lowest BCUT2D eigenvalue weighted by Gasteiger charge is -2.18. The minimum Gasteiger partial charge on any atom is -0.468 e. The number of methoxy groups -OCH3 is 1. The molecule has 0 saturated carbocycles. The van der Waals surface area contributed by atoms with Gasteiger partial charge >= 0.3 is 12.1 Å². The molecule has 0 aliphatic rings. The molecule has 2 unspecified atom stereocenters. The van der Waals surface area contributed by atoms with Crippen LogP contribution in [0.5, 0.6) is 0 Å². The SMILES string of the molecule is COC(=O)C(N)C(C)CC(F)(F)F. The summed E-state index contributed by atoms with van der Waals surface area (Å²) in [5.41, 5.74) is 5.20. The van der Waals surface area contributed by atoms with Crippen molar-refractivity contribution in [3.05, 3.63) is 0 Å². The molecule has 0 fully saturated rings. The Kier molecular flexibility index (Phi) is 4.19. The van der Waals surface area contributed by atoms with Crippen LogP contribution in [0.1, 0.15) is 13.3 Å². The number of carbonyl (C=O) groups is 1. The van der Waals surface area contributed by atoms with Gasteiger partial charge in [0.25, 0.3) is 0 Å². The first-order valence-electron chi connectivity index (χ1n) is 3.68. The summed E-state index contributed by atoms with van der Waals surface area (Å²) >= 11 is 0. The largest absolute Gasteiger partial charge is 0.468 e. The maximum Gasteiger partial charge on any atom is 0.389 e. The molecule has 13 heavy (non-hydrogen) atoms. The molecule has 0 heterocycles. The van der Waals surface area contributed by atoms with Crippen LogP contribution in [0.15, 0.2) is 0 Å². The second kappa shape index (κ2) is 4.45. The Bertz CT molecular complexity index is 181. The predicted octanol–water partition coefficient (Wildman–Crippen LogP) is 1.08. The summed E-state index contributed by atoms with van der Waals surface area (Å²) in [7, 11) is 1.09. The Balaban J connectivity index is 4.11. The average molecular weight is 199 g/mol. The van der Waals surface area contributed by atoms with E-state index < -0.39 is 30.5 Å². The van der Waals surface area contributed by atoms with Gasteiger partial charge in [-0.15, -0.1) is 0 Å². The van der Waals surface area contributed by atoms with Gasteiger partial charge in [0.2, 0.25) is 0 Å². The van der Waals surface area contributed by atoms with Crippen molar-refractivity contribution >= 4 is 5.97 Å². The van der Waals surface area contributed by atoms with Crippen LogP contribution in [-0.4, -0.2) is 25.3 Å². The number of halogens is 3. The zero-order valence-corrected chi connectivity index (χ0v) is 7.39. The Hall–Kier alpha value is -0.780. The number of ether oxygens (including phenoxy) is 1. The van der Waals surface area contributed by atoms with Gasteiger partial charge in [0.05, 0.1) is 7.11 Å². The summed E-state index contributed by atoms with van der Waals surface area (Å²) in [6, 6.07) is -1.22. The first kappa shape index (κ1) is 12.2. The molecule has 0 rings (SSSR count). The van der Waals surface area contributed by atoms with Crippen molar-refractivity contribution in [2.45, 2.75) is 25.6 Å². The molecule has 0 bridgehead atoms. The maximum absolute atomic E-state index is 11.8. The highest BCUT2D eigenvalue weighted by atomic mass is 19.4. The number of rotatable bonds is 3. The van der Waals surface area contributed by atoms with Gasteiger partial charge in [0.1, 0.15) is 6.04 Å². The lowest BCUT2D eigenvalue weighted by atomic mass is 9.99. The van der Waals surface area contributed by atoms with E-state index in [0.717, 1.165) is 7.11 Å². The smallest absolute Gasteiger partial charge is 0.389 e. The molecule has 0 aliphatic heterocycles. The Morgan fingerprint density at radius 2 is 2.00 bits per heavy atom. The van der Waals surface area contributed by atoms with Gasteiger partial charge in [-0.25, -0.2) is 0 Å². The van der Waals surface area contributed by atoms with Crippen LogP contribution in [0.3, 0.4) is 0 Å². The van der Waals surface area contributed by atoms with Crippen LogP contribution in [0.2, 0.25) is 0 Å². The van der Waals surface area contributed by atoms with E-state index >= 15 is 0 Å². The maximum atomic E-state index is 11.8. The molecule has 6 heteroatoms. The summed E-state index contributed by atoms with van der Waals surface area (Å²) in [5, 5.41) is 0. The third-order valence-electron chi connectivity index (χ3n) is 1.64. The van der Waals surface area contributed by atoms with Gasteiger partial charge < -0.3 is 10.5 Å². The lowest BCUT2D eigenvalue weighted by Crippen LogP contribution is -2.39. The molecule has 0 saturated heterocycles. The van der Waals surface area contributed by atoms with Gasteiger partial charge in [-0.3, -0.25) is 4.79 Å². The van der Waals surface area contributed by atoms with Crippen LogP contribution >= 0.6 is 0 Å². The van der Waals surface area contributed by atoms with E-state index in [-0.39, 0.29) is 0 Å². The fourth-order valence-corrected chi connectivity index (χ4v) is 0.860. The number of hydrogen-bond acceptors (Lipinski definition) is 3. The van der Waals surface area contributed by atoms with Crippen molar-refractivity contribution in [2.75, 3.05) is 7.11 Å². The van der Waals surface area contributed by atoms with Gasteiger partial charge in [-0.2, -0.15) is 13.2 Å². The molecule has 0 spiro atoms. The van der Waals surface area contributed by atoms with Crippen molar-refractivity contribution in [1.29, 1.82) is 0 Å². The van der Waals surface area contributed by atoms with Crippen LogP contribution in [-0.2, 0) is 9.53 Å². The van der Waals surface area contributed by atoms with E-state index in [4.69, 9.17) is 5.73 Å². The zero-order valence-electron chi connectivity index (χ0n) is 7.39. The molecular formula is C7H12F3NO2. The second-order valence-corrected chi connectivity index (χ2v) is 2.85. The molecule has 0 aromatic carbocycles. The standard InChI is InChI=1S/C7H12F3NO2/c1-4(3-7(8,9)10)5(11)6(12)13-2/h4-5H,3,11H2,1-2H3. The normalized spacial score (nSPS) is 16.5. The van der Waals surface area contributed by atoms with Crippen LogP contribution < -0.4 is 5.73 Å². The molecule has 0 aliphatic carbocycles. The molecule has 3 nitrogen and oxygen atoms in total. The van der Waals surface area contributed by atoms with E-state index in [0.29, 0.717) is 0 Å². The summed E-state index contributed by atoms with van der Waals surface area (Å²) < 4.78 is 39.7. The third kappa shape index (κ3) is 4.72. The number of nitrogens with two attached hydrogens (primary N) is 1. The van der Waals surface area contributed by atoms with E-state index in [9.17, 15) is 18.0 Å². The first-order valence-corrected chi connectivity index (χ1v) is 3.68. The molecule has 0 radical (unpaired) electrons. The van der Waals surface area contributed by atoms with Gasteiger partial charge in [0, 0.05) is 6.42 Å².